The Kier molecular flexibility index (Phi) is 7.85. The normalized spacial score (nSPS) is 10.0. The lowest BCUT2D eigenvalue weighted by Crippen LogP contribution is -2.12. The van der Waals surface area contributed by atoms with E-state index in [4.69, 9.17) is 5.26 Å². The largest absolute Gasteiger partial charge is 0.252 e. The summed E-state index contributed by atoms with van der Waals surface area (Å²) in [4.78, 5) is 3.91. The molecule has 0 bridgehead atoms. The first-order chi connectivity index (χ1) is 4.06. The molecule has 0 aromatic carbocycles. The molecule has 0 aromatic rings. The molecular weight excluding hydrogens is 116 g/mol. The molecule has 0 unspecified atom stereocenters. The number of rotatable bonds is 1. The van der Waals surface area contributed by atoms with Crippen LogP contribution in [0.15, 0.2) is 0 Å². The van der Waals surface area contributed by atoms with Crippen LogP contribution in [0.1, 0.15) is 34.6 Å². The fourth-order valence-electron chi connectivity index (χ4n) is 0.194. The van der Waals surface area contributed by atoms with E-state index < -0.39 is 0 Å². The van der Waals surface area contributed by atoms with Gasteiger partial charge in [-0.15, -0.1) is 0 Å². The third-order valence-corrected chi connectivity index (χ3v) is 0.498. The van der Waals surface area contributed by atoms with Gasteiger partial charge in [0.25, 0.3) is 0 Å². The van der Waals surface area contributed by atoms with Crippen LogP contribution in [0.25, 0.3) is 0 Å². The van der Waals surface area contributed by atoms with Crippen LogP contribution in [0.5, 0.6) is 0 Å². The van der Waals surface area contributed by atoms with E-state index in [-0.39, 0.29) is 5.41 Å². The molecule has 0 aliphatic rings. The second kappa shape index (κ2) is 6.05. The Morgan fingerprint density at radius 3 is 1.56 bits per heavy atom. The topological polar surface area (TPSA) is 29.5 Å². The molecule has 1 N–H and O–H groups in total. The maximum absolute atomic E-state index is 7.90. The van der Waals surface area contributed by atoms with Crippen LogP contribution in [0.3, 0.4) is 0 Å². The van der Waals surface area contributed by atoms with Gasteiger partial charge in [0.1, 0.15) is 0 Å². The Hall–Kier alpha value is -0.0800. The molecular formula is C7H18O2. The van der Waals surface area contributed by atoms with Gasteiger partial charge in [0.15, 0.2) is 0 Å². The minimum Gasteiger partial charge on any atom is -0.252 e. The lowest BCUT2D eigenvalue weighted by Gasteiger charge is -2.13. The maximum Gasteiger partial charge on any atom is 0.0868 e. The van der Waals surface area contributed by atoms with E-state index in [1.807, 2.05) is 34.6 Å². The molecule has 0 aromatic heterocycles. The van der Waals surface area contributed by atoms with Crippen molar-refractivity contribution in [3.8, 4) is 0 Å². The smallest absolute Gasteiger partial charge is 0.0868 e. The Bertz CT molecular complexity index is 45.4. The van der Waals surface area contributed by atoms with Crippen molar-refractivity contribution in [3.05, 3.63) is 0 Å². The van der Waals surface area contributed by atoms with Gasteiger partial charge < -0.3 is 0 Å². The van der Waals surface area contributed by atoms with Crippen LogP contribution in [-0.2, 0) is 4.89 Å². The van der Waals surface area contributed by atoms with Crippen LogP contribution in [0, 0.1) is 5.41 Å². The van der Waals surface area contributed by atoms with Gasteiger partial charge in [-0.25, -0.2) is 4.89 Å². The second-order valence-corrected chi connectivity index (χ2v) is 2.83. The van der Waals surface area contributed by atoms with E-state index in [0.717, 1.165) is 0 Å². The Morgan fingerprint density at radius 1 is 1.22 bits per heavy atom. The molecule has 0 aliphatic carbocycles. The quantitative estimate of drug-likeness (QED) is 0.441. The molecule has 2 nitrogen and oxygen atoms in total. The average Bonchev–Trinajstić information content (AvgIpc) is 1.69. The lowest BCUT2D eigenvalue weighted by atomic mass is 9.99. The first kappa shape index (κ1) is 11.7. The minimum atomic E-state index is 0.0781. The van der Waals surface area contributed by atoms with Crippen molar-refractivity contribution < 1.29 is 10.1 Å². The molecule has 0 spiro atoms. The number of hydrogen-bond donors (Lipinski definition) is 1. The fourth-order valence-corrected chi connectivity index (χ4v) is 0.194. The standard InChI is InChI=1S/C5H12O2.C2H6/c1-5(2,3)4-7-6;1-2/h6H,4H2,1-3H3;1-2H3. The summed E-state index contributed by atoms with van der Waals surface area (Å²) in [6.45, 7) is 10.4. The van der Waals surface area contributed by atoms with Gasteiger partial charge in [0.05, 0.1) is 6.61 Å². The summed E-state index contributed by atoms with van der Waals surface area (Å²) in [5.74, 6) is 0. The first-order valence-electron chi connectivity index (χ1n) is 3.32. The van der Waals surface area contributed by atoms with Gasteiger partial charge in [-0.2, -0.15) is 0 Å². The lowest BCUT2D eigenvalue weighted by molar-refractivity contribution is -0.258. The molecule has 0 saturated carbocycles. The second-order valence-electron chi connectivity index (χ2n) is 2.83. The highest BCUT2D eigenvalue weighted by atomic mass is 17.1. The Balaban J connectivity index is 0. The molecule has 0 aliphatic heterocycles. The third-order valence-electron chi connectivity index (χ3n) is 0.498. The van der Waals surface area contributed by atoms with Crippen molar-refractivity contribution in [1.29, 1.82) is 0 Å². The molecule has 0 rings (SSSR count). The number of hydrogen-bond acceptors (Lipinski definition) is 2. The predicted octanol–water partition coefficient (Wildman–Crippen LogP) is 2.55. The molecule has 0 atom stereocenters. The highest BCUT2D eigenvalue weighted by Crippen LogP contribution is 2.11. The van der Waals surface area contributed by atoms with Gasteiger partial charge in [-0.3, -0.25) is 5.26 Å². The summed E-state index contributed by atoms with van der Waals surface area (Å²) >= 11 is 0. The van der Waals surface area contributed by atoms with Crippen molar-refractivity contribution >= 4 is 0 Å². The zero-order chi connectivity index (χ0) is 7.91. The van der Waals surface area contributed by atoms with Crippen LogP contribution < -0.4 is 0 Å². The predicted molar refractivity (Wildman–Crippen MR) is 39.4 cm³/mol. The maximum atomic E-state index is 7.90. The van der Waals surface area contributed by atoms with Gasteiger partial charge >= 0.3 is 0 Å². The molecule has 0 radical (unpaired) electrons. The van der Waals surface area contributed by atoms with E-state index in [2.05, 4.69) is 4.89 Å². The molecule has 0 fully saturated rings. The zero-order valence-corrected chi connectivity index (χ0v) is 7.06. The van der Waals surface area contributed by atoms with Crippen LogP contribution in [0.2, 0.25) is 0 Å². The highest BCUT2D eigenvalue weighted by Gasteiger charge is 2.08. The van der Waals surface area contributed by atoms with Crippen molar-refractivity contribution in [2.75, 3.05) is 6.61 Å². The summed E-state index contributed by atoms with van der Waals surface area (Å²) in [6, 6.07) is 0. The molecule has 0 saturated heterocycles. The van der Waals surface area contributed by atoms with Crippen LogP contribution in [0.4, 0.5) is 0 Å². The van der Waals surface area contributed by atoms with Gasteiger partial charge in [0.2, 0.25) is 0 Å². The first-order valence-corrected chi connectivity index (χ1v) is 3.32. The third kappa shape index (κ3) is 18.1. The van der Waals surface area contributed by atoms with Crippen molar-refractivity contribution in [1.82, 2.24) is 0 Å². The molecule has 2 heteroatoms. The zero-order valence-electron chi connectivity index (χ0n) is 7.06. The van der Waals surface area contributed by atoms with E-state index in [1.165, 1.54) is 0 Å². The monoisotopic (exact) mass is 134 g/mol. The van der Waals surface area contributed by atoms with Crippen molar-refractivity contribution in [2.45, 2.75) is 34.6 Å². The van der Waals surface area contributed by atoms with Crippen molar-refractivity contribution in [2.24, 2.45) is 5.41 Å². The van der Waals surface area contributed by atoms with E-state index in [1.54, 1.807) is 0 Å². The summed E-state index contributed by atoms with van der Waals surface area (Å²) < 4.78 is 0. The van der Waals surface area contributed by atoms with Gasteiger partial charge in [-0.1, -0.05) is 34.6 Å². The fraction of sp³-hybridized carbons (Fsp3) is 1.00. The van der Waals surface area contributed by atoms with Gasteiger partial charge in [-0.05, 0) is 5.41 Å². The molecule has 0 heterocycles. The van der Waals surface area contributed by atoms with Crippen LogP contribution in [-0.4, -0.2) is 11.9 Å². The molecule has 9 heavy (non-hydrogen) atoms. The van der Waals surface area contributed by atoms with Crippen LogP contribution >= 0.6 is 0 Å². The van der Waals surface area contributed by atoms with E-state index in [0.29, 0.717) is 6.61 Å². The summed E-state index contributed by atoms with van der Waals surface area (Å²) in [7, 11) is 0. The Labute approximate surface area is 57.8 Å². The summed E-state index contributed by atoms with van der Waals surface area (Å²) in [5, 5.41) is 7.90. The highest BCUT2D eigenvalue weighted by molar-refractivity contribution is 4.56. The van der Waals surface area contributed by atoms with Crippen molar-refractivity contribution in [3.63, 3.8) is 0 Å². The van der Waals surface area contributed by atoms with Gasteiger partial charge in [0, 0.05) is 0 Å². The minimum absolute atomic E-state index is 0.0781. The average molecular weight is 134 g/mol. The Morgan fingerprint density at radius 2 is 1.56 bits per heavy atom. The summed E-state index contributed by atoms with van der Waals surface area (Å²) in [6.07, 6.45) is 0. The van der Waals surface area contributed by atoms with E-state index >= 15 is 0 Å². The van der Waals surface area contributed by atoms with E-state index in [9.17, 15) is 0 Å². The SMILES string of the molecule is CC.CC(C)(C)COO. The summed E-state index contributed by atoms with van der Waals surface area (Å²) in [5.41, 5.74) is 0.0781. The molecule has 0 amide bonds. The molecule has 58 valence electrons.